The van der Waals surface area contributed by atoms with Crippen molar-refractivity contribution in [2.24, 2.45) is 0 Å². The lowest BCUT2D eigenvalue weighted by atomic mass is 10.3. The first-order chi connectivity index (χ1) is 7.93. The molecule has 0 unspecified atom stereocenters. The molecule has 2 aromatic heterocycles. The zero-order valence-corrected chi connectivity index (χ0v) is 8.83. The average molecular weight is 216 g/mol. The second-order valence-electron chi connectivity index (χ2n) is 3.70. The number of pyridine rings is 1. The van der Waals surface area contributed by atoms with Crippen LogP contribution in [0.2, 0.25) is 0 Å². The van der Waals surface area contributed by atoms with E-state index in [0.717, 1.165) is 43.2 Å². The first kappa shape index (κ1) is 9.47. The van der Waals surface area contributed by atoms with Crippen molar-refractivity contribution in [3.05, 3.63) is 24.7 Å². The molecule has 1 aliphatic rings. The van der Waals surface area contributed by atoms with E-state index in [1.807, 2.05) is 12.3 Å². The molecule has 0 radical (unpaired) electrons. The van der Waals surface area contributed by atoms with Gasteiger partial charge in [0.05, 0.1) is 24.9 Å². The first-order valence-corrected chi connectivity index (χ1v) is 5.33. The fourth-order valence-corrected chi connectivity index (χ4v) is 1.78. The van der Waals surface area contributed by atoms with Crippen LogP contribution in [0.25, 0.3) is 10.9 Å². The van der Waals surface area contributed by atoms with Gasteiger partial charge < -0.3 is 9.64 Å². The van der Waals surface area contributed by atoms with Gasteiger partial charge in [-0.05, 0) is 6.07 Å². The molecule has 3 rings (SSSR count). The molecule has 1 aliphatic heterocycles. The number of morpholine rings is 1. The zero-order valence-electron chi connectivity index (χ0n) is 8.83. The Bertz CT molecular complexity index is 496. The summed E-state index contributed by atoms with van der Waals surface area (Å²) in [5.41, 5.74) is 0.888. The molecule has 5 heteroatoms. The van der Waals surface area contributed by atoms with Crippen LogP contribution in [0, 0.1) is 0 Å². The molecule has 0 saturated carbocycles. The largest absolute Gasteiger partial charge is 0.378 e. The van der Waals surface area contributed by atoms with Crippen LogP contribution in [0.15, 0.2) is 24.7 Å². The molecule has 1 saturated heterocycles. The highest BCUT2D eigenvalue weighted by Crippen LogP contribution is 2.14. The van der Waals surface area contributed by atoms with Gasteiger partial charge in [0, 0.05) is 30.9 Å². The van der Waals surface area contributed by atoms with Gasteiger partial charge in [-0.2, -0.15) is 0 Å². The number of hydrogen-bond acceptors (Lipinski definition) is 5. The molecule has 2 aromatic rings. The second-order valence-corrected chi connectivity index (χ2v) is 3.70. The van der Waals surface area contributed by atoms with Crippen LogP contribution in [-0.2, 0) is 4.74 Å². The summed E-state index contributed by atoms with van der Waals surface area (Å²) in [5, 5.41) is 1.02. The Morgan fingerprint density at radius 1 is 1.19 bits per heavy atom. The van der Waals surface area contributed by atoms with Gasteiger partial charge in [-0.1, -0.05) is 0 Å². The highest BCUT2D eigenvalue weighted by molar-refractivity contribution is 5.77. The molecule has 0 bridgehead atoms. The van der Waals surface area contributed by atoms with E-state index in [2.05, 4.69) is 19.9 Å². The third-order valence-electron chi connectivity index (χ3n) is 2.67. The van der Waals surface area contributed by atoms with E-state index in [0.29, 0.717) is 0 Å². The predicted molar refractivity (Wildman–Crippen MR) is 60.4 cm³/mol. The lowest BCUT2D eigenvalue weighted by Crippen LogP contribution is -2.37. The minimum Gasteiger partial charge on any atom is -0.378 e. The predicted octanol–water partition coefficient (Wildman–Crippen LogP) is 0.861. The number of fused-ring (bicyclic) bond motifs is 1. The molecule has 82 valence electrons. The van der Waals surface area contributed by atoms with Gasteiger partial charge in [0.25, 0.3) is 0 Å². The van der Waals surface area contributed by atoms with Crippen molar-refractivity contribution in [3.8, 4) is 0 Å². The van der Waals surface area contributed by atoms with Gasteiger partial charge >= 0.3 is 0 Å². The molecular weight excluding hydrogens is 204 g/mol. The Morgan fingerprint density at radius 2 is 2.06 bits per heavy atom. The summed E-state index contributed by atoms with van der Waals surface area (Å²) in [4.78, 5) is 15.1. The van der Waals surface area contributed by atoms with E-state index in [-0.39, 0.29) is 0 Å². The maximum absolute atomic E-state index is 5.30. The normalized spacial score (nSPS) is 16.6. The van der Waals surface area contributed by atoms with Gasteiger partial charge in [-0.25, -0.2) is 9.97 Å². The van der Waals surface area contributed by atoms with E-state index in [1.54, 1.807) is 12.4 Å². The van der Waals surface area contributed by atoms with Crippen LogP contribution in [-0.4, -0.2) is 41.3 Å². The van der Waals surface area contributed by atoms with Gasteiger partial charge in [0.2, 0.25) is 5.95 Å². The van der Waals surface area contributed by atoms with Crippen LogP contribution in [0.1, 0.15) is 0 Å². The summed E-state index contributed by atoms with van der Waals surface area (Å²) in [6, 6.07) is 1.92. The summed E-state index contributed by atoms with van der Waals surface area (Å²) in [5.74, 6) is 0.767. The van der Waals surface area contributed by atoms with Crippen molar-refractivity contribution in [1.82, 2.24) is 15.0 Å². The number of aromatic nitrogens is 3. The highest BCUT2D eigenvalue weighted by Gasteiger charge is 2.13. The lowest BCUT2D eigenvalue weighted by molar-refractivity contribution is 0.122. The van der Waals surface area contributed by atoms with E-state index in [4.69, 9.17) is 4.74 Å². The van der Waals surface area contributed by atoms with Crippen molar-refractivity contribution in [2.45, 2.75) is 0 Å². The van der Waals surface area contributed by atoms with Crippen molar-refractivity contribution in [1.29, 1.82) is 0 Å². The third-order valence-corrected chi connectivity index (χ3v) is 2.67. The summed E-state index contributed by atoms with van der Waals surface area (Å²) < 4.78 is 5.30. The molecule has 0 spiro atoms. The Labute approximate surface area is 93.1 Å². The SMILES string of the molecule is c1cc2cnc(N3CCOCC3)nc2cn1. The monoisotopic (exact) mass is 216 g/mol. The van der Waals surface area contributed by atoms with Gasteiger partial charge in [-0.3, -0.25) is 4.98 Å². The van der Waals surface area contributed by atoms with E-state index in [1.165, 1.54) is 0 Å². The van der Waals surface area contributed by atoms with Gasteiger partial charge in [0.15, 0.2) is 0 Å². The number of anilines is 1. The minimum absolute atomic E-state index is 0.744. The third kappa shape index (κ3) is 1.69. The summed E-state index contributed by atoms with van der Waals surface area (Å²) >= 11 is 0. The quantitative estimate of drug-likeness (QED) is 0.707. The van der Waals surface area contributed by atoms with Crippen molar-refractivity contribution in [3.63, 3.8) is 0 Å². The van der Waals surface area contributed by atoms with Crippen LogP contribution in [0.4, 0.5) is 5.95 Å². The van der Waals surface area contributed by atoms with Crippen molar-refractivity contribution < 1.29 is 4.74 Å². The van der Waals surface area contributed by atoms with E-state index >= 15 is 0 Å². The lowest BCUT2D eigenvalue weighted by Gasteiger charge is -2.26. The Balaban J connectivity index is 1.97. The number of rotatable bonds is 1. The molecule has 3 heterocycles. The first-order valence-electron chi connectivity index (χ1n) is 5.33. The topological polar surface area (TPSA) is 51.1 Å². The summed E-state index contributed by atoms with van der Waals surface area (Å²) in [6.07, 6.45) is 5.36. The maximum Gasteiger partial charge on any atom is 0.226 e. The van der Waals surface area contributed by atoms with Gasteiger partial charge in [0.1, 0.15) is 0 Å². The molecule has 0 aliphatic carbocycles. The Hall–Kier alpha value is -1.75. The van der Waals surface area contributed by atoms with Crippen LogP contribution >= 0.6 is 0 Å². The Kier molecular flexibility index (Phi) is 2.38. The molecule has 0 atom stereocenters. The second kappa shape index (κ2) is 4.02. The highest BCUT2D eigenvalue weighted by atomic mass is 16.5. The van der Waals surface area contributed by atoms with Crippen molar-refractivity contribution in [2.75, 3.05) is 31.2 Å². The molecule has 0 amide bonds. The van der Waals surface area contributed by atoms with Crippen LogP contribution in [0.5, 0.6) is 0 Å². The zero-order chi connectivity index (χ0) is 10.8. The summed E-state index contributed by atoms with van der Waals surface area (Å²) in [7, 11) is 0. The number of ether oxygens (including phenoxy) is 1. The maximum atomic E-state index is 5.30. The average Bonchev–Trinajstić information content (AvgIpc) is 2.39. The number of nitrogens with zero attached hydrogens (tertiary/aromatic N) is 4. The van der Waals surface area contributed by atoms with Crippen LogP contribution < -0.4 is 4.90 Å². The fraction of sp³-hybridized carbons (Fsp3) is 0.364. The molecule has 5 nitrogen and oxygen atoms in total. The Morgan fingerprint density at radius 3 is 2.94 bits per heavy atom. The molecule has 0 N–H and O–H groups in total. The fourth-order valence-electron chi connectivity index (χ4n) is 1.78. The van der Waals surface area contributed by atoms with E-state index < -0.39 is 0 Å². The number of hydrogen-bond donors (Lipinski definition) is 0. The molecule has 1 fully saturated rings. The van der Waals surface area contributed by atoms with Gasteiger partial charge in [-0.15, -0.1) is 0 Å². The molecule has 16 heavy (non-hydrogen) atoms. The van der Waals surface area contributed by atoms with Crippen molar-refractivity contribution >= 4 is 16.9 Å². The molecule has 0 aromatic carbocycles. The summed E-state index contributed by atoms with van der Waals surface area (Å²) in [6.45, 7) is 3.19. The molecular formula is C11H12N4O. The minimum atomic E-state index is 0.744. The van der Waals surface area contributed by atoms with Crippen LogP contribution in [0.3, 0.4) is 0 Å². The van der Waals surface area contributed by atoms with E-state index in [9.17, 15) is 0 Å². The standard InChI is InChI=1S/C11H12N4O/c1-2-12-8-10-9(1)7-13-11(14-10)15-3-5-16-6-4-15/h1-2,7-8H,3-6H2. The smallest absolute Gasteiger partial charge is 0.226 e.